The molecule has 2 aromatic carbocycles. The molecular formula is C18H16O6. The van der Waals surface area contributed by atoms with Crippen molar-refractivity contribution in [2.24, 2.45) is 0 Å². The number of phenols is 1. The predicted octanol–water partition coefficient (Wildman–Crippen LogP) is 2.77. The molecule has 24 heavy (non-hydrogen) atoms. The summed E-state index contributed by atoms with van der Waals surface area (Å²) < 4.78 is 14.7. The third-order valence-corrected chi connectivity index (χ3v) is 3.11. The maximum absolute atomic E-state index is 11.9. The molecule has 1 N–H and O–H groups in total. The van der Waals surface area contributed by atoms with Crippen molar-refractivity contribution in [3.8, 4) is 11.5 Å². The quantitative estimate of drug-likeness (QED) is 0.516. The average Bonchev–Trinajstić information content (AvgIpc) is 2.62. The van der Waals surface area contributed by atoms with Crippen LogP contribution in [-0.2, 0) is 14.3 Å². The fourth-order valence-electron chi connectivity index (χ4n) is 1.93. The van der Waals surface area contributed by atoms with Gasteiger partial charge in [-0.1, -0.05) is 36.4 Å². The van der Waals surface area contributed by atoms with E-state index >= 15 is 0 Å². The molecule has 2 aromatic rings. The van der Waals surface area contributed by atoms with Crippen molar-refractivity contribution < 1.29 is 28.9 Å². The molecular weight excluding hydrogens is 312 g/mol. The van der Waals surface area contributed by atoms with Crippen molar-refractivity contribution in [1.29, 1.82) is 0 Å². The fourth-order valence-corrected chi connectivity index (χ4v) is 1.93. The third-order valence-electron chi connectivity index (χ3n) is 3.11. The highest BCUT2D eigenvalue weighted by atomic mass is 16.6. The Bertz CT molecular complexity index is 764. The van der Waals surface area contributed by atoms with Crippen LogP contribution < -0.4 is 4.74 Å². The zero-order valence-electron chi connectivity index (χ0n) is 13.2. The van der Waals surface area contributed by atoms with Gasteiger partial charge in [-0.15, -0.1) is 0 Å². The summed E-state index contributed by atoms with van der Waals surface area (Å²) in [6, 6.07) is 13.3. The van der Waals surface area contributed by atoms with Crippen molar-refractivity contribution in [3.05, 3.63) is 65.4 Å². The zero-order valence-corrected chi connectivity index (χ0v) is 13.2. The highest BCUT2D eigenvalue weighted by Crippen LogP contribution is 2.32. The van der Waals surface area contributed by atoms with Gasteiger partial charge in [-0.05, 0) is 23.8 Å². The van der Waals surface area contributed by atoms with Crippen LogP contribution in [0.4, 0.5) is 0 Å². The lowest BCUT2D eigenvalue weighted by Gasteiger charge is -2.11. The van der Waals surface area contributed by atoms with Crippen LogP contribution in [0.3, 0.4) is 0 Å². The van der Waals surface area contributed by atoms with Crippen LogP contribution in [0.1, 0.15) is 15.9 Å². The van der Waals surface area contributed by atoms with Crippen LogP contribution in [0.15, 0.2) is 54.3 Å². The second-order valence-corrected chi connectivity index (χ2v) is 4.66. The number of aromatic hydroxyl groups is 1. The molecule has 0 aromatic heterocycles. The summed E-state index contributed by atoms with van der Waals surface area (Å²) >= 11 is 0. The highest BCUT2D eigenvalue weighted by Gasteiger charge is 2.19. The standard InChI is InChI=1S/C18H16O6/c1-22-17(20)13-9-6-10-14(16(13)19)24-15(18(21)23-2)11-12-7-4-3-5-8-12/h3-11,19H,1-2H3/b15-11-. The van der Waals surface area contributed by atoms with Gasteiger partial charge in [0.25, 0.3) is 0 Å². The number of hydrogen-bond donors (Lipinski definition) is 1. The van der Waals surface area contributed by atoms with Crippen LogP contribution in [0.2, 0.25) is 0 Å². The van der Waals surface area contributed by atoms with Crippen molar-refractivity contribution in [2.45, 2.75) is 0 Å². The summed E-state index contributed by atoms with van der Waals surface area (Å²) in [4.78, 5) is 23.5. The van der Waals surface area contributed by atoms with Gasteiger partial charge in [0.05, 0.1) is 14.2 Å². The van der Waals surface area contributed by atoms with Crippen molar-refractivity contribution in [1.82, 2.24) is 0 Å². The summed E-state index contributed by atoms with van der Waals surface area (Å²) in [7, 11) is 2.42. The van der Waals surface area contributed by atoms with Gasteiger partial charge in [0.2, 0.25) is 5.76 Å². The molecule has 0 aliphatic rings. The molecule has 0 unspecified atom stereocenters. The van der Waals surface area contributed by atoms with Crippen LogP contribution in [0, 0.1) is 0 Å². The lowest BCUT2D eigenvalue weighted by atomic mass is 10.2. The Hall–Kier alpha value is -3.28. The van der Waals surface area contributed by atoms with E-state index in [0.29, 0.717) is 5.56 Å². The largest absolute Gasteiger partial charge is 0.504 e. The maximum atomic E-state index is 11.9. The first-order valence-corrected chi connectivity index (χ1v) is 7.00. The topological polar surface area (TPSA) is 82.1 Å². The second-order valence-electron chi connectivity index (χ2n) is 4.66. The monoisotopic (exact) mass is 328 g/mol. The van der Waals surface area contributed by atoms with Crippen LogP contribution in [0.5, 0.6) is 11.5 Å². The smallest absolute Gasteiger partial charge is 0.373 e. The number of benzene rings is 2. The Balaban J connectivity index is 2.39. The normalized spacial score (nSPS) is 10.8. The number of esters is 2. The van der Waals surface area contributed by atoms with Crippen molar-refractivity contribution >= 4 is 18.0 Å². The van der Waals surface area contributed by atoms with E-state index in [1.54, 1.807) is 24.3 Å². The van der Waals surface area contributed by atoms with E-state index in [1.165, 1.54) is 38.5 Å². The van der Waals surface area contributed by atoms with E-state index in [2.05, 4.69) is 4.74 Å². The predicted molar refractivity (Wildman–Crippen MR) is 86.5 cm³/mol. The summed E-state index contributed by atoms with van der Waals surface area (Å²) in [5.74, 6) is -2.06. The van der Waals surface area contributed by atoms with Crippen LogP contribution >= 0.6 is 0 Å². The Morgan fingerprint density at radius 1 is 0.958 bits per heavy atom. The highest BCUT2D eigenvalue weighted by molar-refractivity contribution is 5.94. The number of phenolic OH excluding ortho intramolecular Hbond substituents is 1. The Kier molecular flexibility index (Phi) is 5.57. The second kappa shape index (κ2) is 7.82. The molecule has 0 aliphatic heterocycles. The number of hydrogen-bond acceptors (Lipinski definition) is 6. The maximum Gasteiger partial charge on any atom is 0.373 e. The number of methoxy groups -OCH3 is 2. The molecule has 6 nitrogen and oxygen atoms in total. The van der Waals surface area contributed by atoms with Crippen LogP contribution in [0.25, 0.3) is 6.08 Å². The van der Waals surface area contributed by atoms with E-state index in [-0.39, 0.29) is 17.1 Å². The van der Waals surface area contributed by atoms with Crippen molar-refractivity contribution in [2.75, 3.05) is 14.2 Å². The summed E-state index contributed by atoms with van der Waals surface area (Å²) in [5, 5.41) is 10.2. The van der Waals surface area contributed by atoms with E-state index in [0.717, 1.165) is 0 Å². The number of carbonyl (C=O) groups is 2. The number of carbonyl (C=O) groups excluding carboxylic acids is 2. The molecule has 0 saturated carbocycles. The molecule has 0 heterocycles. The first kappa shape index (κ1) is 17.1. The molecule has 0 spiro atoms. The minimum absolute atomic E-state index is 0.0644. The van der Waals surface area contributed by atoms with Gasteiger partial charge < -0.3 is 19.3 Å². The van der Waals surface area contributed by atoms with E-state index in [1.807, 2.05) is 6.07 Å². The lowest BCUT2D eigenvalue weighted by molar-refractivity contribution is -0.138. The minimum Gasteiger partial charge on any atom is -0.504 e. The van der Waals surface area contributed by atoms with Gasteiger partial charge >= 0.3 is 11.9 Å². The number of rotatable bonds is 5. The Labute approximate surface area is 138 Å². The van der Waals surface area contributed by atoms with Gasteiger partial charge in [-0.2, -0.15) is 0 Å². The molecule has 0 bridgehead atoms. The fraction of sp³-hybridized carbons (Fsp3) is 0.111. The van der Waals surface area contributed by atoms with Gasteiger partial charge in [-0.3, -0.25) is 0 Å². The lowest BCUT2D eigenvalue weighted by Crippen LogP contribution is -2.11. The molecule has 0 atom stereocenters. The van der Waals surface area contributed by atoms with Gasteiger partial charge in [0.15, 0.2) is 11.5 Å². The SMILES string of the molecule is COC(=O)/C(=C/c1ccccc1)Oc1cccc(C(=O)OC)c1O. The third kappa shape index (κ3) is 3.92. The molecule has 0 saturated heterocycles. The van der Waals surface area contributed by atoms with Crippen molar-refractivity contribution in [3.63, 3.8) is 0 Å². The zero-order chi connectivity index (χ0) is 17.5. The van der Waals surface area contributed by atoms with Gasteiger partial charge in [0, 0.05) is 0 Å². The molecule has 0 amide bonds. The molecule has 124 valence electrons. The van der Waals surface area contributed by atoms with Gasteiger partial charge in [-0.25, -0.2) is 9.59 Å². The molecule has 2 rings (SSSR count). The molecule has 0 fully saturated rings. The number of ether oxygens (including phenoxy) is 3. The summed E-state index contributed by atoms with van der Waals surface area (Å²) in [6.45, 7) is 0. The average molecular weight is 328 g/mol. The van der Waals surface area contributed by atoms with E-state index < -0.39 is 17.7 Å². The minimum atomic E-state index is -0.721. The summed E-state index contributed by atoms with van der Waals surface area (Å²) in [6.07, 6.45) is 1.47. The van der Waals surface area contributed by atoms with Gasteiger partial charge in [0.1, 0.15) is 5.56 Å². The summed E-state index contributed by atoms with van der Waals surface area (Å²) in [5.41, 5.74) is 0.639. The molecule has 0 radical (unpaired) electrons. The molecule has 0 aliphatic carbocycles. The van der Waals surface area contributed by atoms with E-state index in [4.69, 9.17) is 9.47 Å². The number of para-hydroxylation sites is 1. The first-order valence-electron chi connectivity index (χ1n) is 7.00. The first-order chi connectivity index (χ1) is 11.6. The van der Waals surface area contributed by atoms with Crippen LogP contribution in [-0.4, -0.2) is 31.3 Å². The Morgan fingerprint density at radius 2 is 1.67 bits per heavy atom. The Morgan fingerprint density at radius 3 is 2.29 bits per heavy atom. The molecule has 6 heteroatoms. The van der Waals surface area contributed by atoms with E-state index in [9.17, 15) is 14.7 Å².